The van der Waals surface area contributed by atoms with Gasteiger partial charge in [-0.15, -0.1) is 0 Å². The second-order valence-electron chi connectivity index (χ2n) is 4.02. The normalized spacial score (nSPS) is 25.4. The summed E-state index contributed by atoms with van der Waals surface area (Å²) in [5.74, 6) is -0.635. The molecule has 1 aromatic rings. The van der Waals surface area contributed by atoms with Crippen molar-refractivity contribution in [1.29, 1.82) is 0 Å². The maximum Gasteiger partial charge on any atom is 0.321 e. The molecular weight excluding hydrogens is 190 g/mol. The summed E-state index contributed by atoms with van der Waals surface area (Å²) >= 11 is 0. The number of rotatable bonds is 2. The smallest absolute Gasteiger partial charge is 0.321 e. The molecule has 3 nitrogen and oxygen atoms in total. The highest BCUT2D eigenvalue weighted by atomic mass is 16.4. The van der Waals surface area contributed by atoms with Gasteiger partial charge in [0.05, 0.1) is 0 Å². The Kier molecular flexibility index (Phi) is 2.73. The van der Waals surface area contributed by atoms with E-state index >= 15 is 0 Å². The number of carboxylic acids is 1. The Balaban J connectivity index is 2.30. The summed E-state index contributed by atoms with van der Waals surface area (Å²) in [6.45, 7) is 2.82. The number of carbonyl (C=O) groups is 1. The number of benzene rings is 1. The minimum atomic E-state index is -0.749. The summed E-state index contributed by atoms with van der Waals surface area (Å²) in [4.78, 5) is 11.0. The molecule has 1 heterocycles. The lowest BCUT2D eigenvalue weighted by molar-refractivity contribution is -0.139. The topological polar surface area (TPSA) is 49.3 Å². The highest BCUT2D eigenvalue weighted by Gasteiger charge is 2.34. The van der Waals surface area contributed by atoms with E-state index in [1.165, 1.54) is 5.56 Å². The van der Waals surface area contributed by atoms with E-state index in [1.54, 1.807) is 0 Å². The van der Waals surface area contributed by atoms with Crippen LogP contribution in [0.3, 0.4) is 0 Å². The molecular formula is C12H15NO2. The van der Waals surface area contributed by atoms with Gasteiger partial charge in [-0.05, 0) is 31.0 Å². The molecule has 0 aliphatic carbocycles. The monoisotopic (exact) mass is 205 g/mol. The second kappa shape index (κ2) is 4.03. The van der Waals surface area contributed by atoms with E-state index in [4.69, 9.17) is 5.11 Å². The molecule has 1 fully saturated rings. The van der Waals surface area contributed by atoms with Crippen LogP contribution in [0, 0.1) is 6.92 Å². The first-order valence-electron chi connectivity index (χ1n) is 5.22. The SMILES string of the molecule is Cc1ccccc1[C@@H]1CCN[C@H]1C(=O)O. The van der Waals surface area contributed by atoms with Gasteiger partial charge in [-0.1, -0.05) is 24.3 Å². The van der Waals surface area contributed by atoms with Gasteiger partial charge in [0.25, 0.3) is 0 Å². The van der Waals surface area contributed by atoms with Gasteiger partial charge in [-0.2, -0.15) is 0 Å². The summed E-state index contributed by atoms with van der Waals surface area (Å²) in [6, 6.07) is 7.59. The number of aryl methyl sites for hydroxylation is 1. The number of aliphatic carboxylic acids is 1. The lowest BCUT2D eigenvalue weighted by Crippen LogP contribution is -2.34. The molecule has 2 atom stereocenters. The van der Waals surface area contributed by atoms with Crippen LogP contribution in [-0.4, -0.2) is 23.7 Å². The van der Waals surface area contributed by atoms with E-state index in [2.05, 4.69) is 5.32 Å². The van der Waals surface area contributed by atoms with Gasteiger partial charge in [0.2, 0.25) is 0 Å². The molecule has 1 aliphatic rings. The van der Waals surface area contributed by atoms with Crippen LogP contribution >= 0.6 is 0 Å². The summed E-state index contributed by atoms with van der Waals surface area (Å²) < 4.78 is 0. The standard InChI is InChI=1S/C12H15NO2/c1-8-4-2-3-5-9(8)10-6-7-13-11(10)12(14)15/h2-5,10-11,13H,6-7H2,1H3,(H,14,15)/t10-,11+/m0/s1. The van der Waals surface area contributed by atoms with Crippen molar-refractivity contribution in [3.05, 3.63) is 35.4 Å². The van der Waals surface area contributed by atoms with Crippen molar-refractivity contribution >= 4 is 5.97 Å². The van der Waals surface area contributed by atoms with Crippen LogP contribution in [0.1, 0.15) is 23.5 Å². The van der Waals surface area contributed by atoms with Crippen molar-refractivity contribution < 1.29 is 9.90 Å². The first-order valence-corrected chi connectivity index (χ1v) is 5.22. The molecule has 2 rings (SSSR count). The molecule has 15 heavy (non-hydrogen) atoms. The number of hydrogen-bond acceptors (Lipinski definition) is 2. The van der Waals surface area contributed by atoms with Crippen molar-refractivity contribution in [2.75, 3.05) is 6.54 Å². The molecule has 0 spiro atoms. The molecule has 1 aliphatic heterocycles. The van der Waals surface area contributed by atoms with Crippen molar-refractivity contribution in [2.24, 2.45) is 0 Å². The number of nitrogens with one attached hydrogen (secondary N) is 1. The minimum absolute atomic E-state index is 0.115. The third-order valence-corrected chi connectivity index (χ3v) is 3.08. The fourth-order valence-corrected chi connectivity index (χ4v) is 2.30. The second-order valence-corrected chi connectivity index (χ2v) is 4.02. The number of carboxylic acid groups (broad SMARTS) is 1. The van der Waals surface area contributed by atoms with Crippen LogP contribution < -0.4 is 5.32 Å². The van der Waals surface area contributed by atoms with E-state index < -0.39 is 12.0 Å². The summed E-state index contributed by atoms with van der Waals surface area (Å²) in [6.07, 6.45) is 0.905. The fourth-order valence-electron chi connectivity index (χ4n) is 2.30. The lowest BCUT2D eigenvalue weighted by Gasteiger charge is -2.17. The summed E-state index contributed by atoms with van der Waals surface area (Å²) in [5.41, 5.74) is 2.34. The summed E-state index contributed by atoms with van der Waals surface area (Å²) in [5, 5.41) is 12.1. The van der Waals surface area contributed by atoms with Gasteiger partial charge in [-0.25, -0.2) is 0 Å². The summed E-state index contributed by atoms with van der Waals surface area (Å²) in [7, 11) is 0. The van der Waals surface area contributed by atoms with E-state index in [-0.39, 0.29) is 5.92 Å². The predicted octanol–water partition coefficient (Wildman–Crippen LogP) is 1.53. The molecule has 1 aromatic carbocycles. The van der Waals surface area contributed by atoms with E-state index in [0.717, 1.165) is 18.5 Å². The highest BCUT2D eigenvalue weighted by Crippen LogP contribution is 2.29. The molecule has 0 radical (unpaired) electrons. The largest absolute Gasteiger partial charge is 0.480 e. The van der Waals surface area contributed by atoms with E-state index in [1.807, 2.05) is 31.2 Å². The van der Waals surface area contributed by atoms with Gasteiger partial charge < -0.3 is 10.4 Å². The molecule has 2 N–H and O–H groups in total. The maximum atomic E-state index is 11.0. The molecule has 3 heteroatoms. The van der Waals surface area contributed by atoms with Crippen molar-refractivity contribution in [3.8, 4) is 0 Å². The van der Waals surface area contributed by atoms with Gasteiger partial charge in [-0.3, -0.25) is 4.79 Å². The Labute approximate surface area is 89.1 Å². The third-order valence-electron chi connectivity index (χ3n) is 3.08. The van der Waals surface area contributed by atoms with Crippen LogP contribution in [0.2, 0.25) is 0 Å². The van der Waals surface area contributed by atoms with E-state index in [9.17, 15) is 4.79 Å². The van der Waals surface area contributed by atoms with Crippen molar-refractivity contribution in [3.63, 3.8) is 0 Å². The van der Waals surface area contributed by atoms with Crippen LogP contribution in [0.25, 0.3) is 0 Å². The van der Waals surface area contributed by atoms with Crippen LogP contribution in [-0.2, 0) is 4.79 Å². The van der Waals surface area contributed by atoms with Crippen molar-refractivity contribution in [2.45, 2.75) is 25.3 Å². The van der Waals surface area contributed by atoms with Gasteiger partial charge >= 0.3 is 5.97 Å². The minimum Gasteiger partial charge on any atom is -0.480 e. The zero-order chi connectivity index (χ0) is 10.8. The molecule has 0 bridgehead atoms. The zero-order valence-electron chi connectivity index (χ0n) is 8.73. The molecule has 0 unspecified atom stereocenters. The molecule has 1 saturated heterocycles. The third kappa shape index (κ3) is 1.88. The van der Waals surface area contributed by atoms with Crippen LogP contribution in [0.15, 0.2) is 24.3 Å². The number of hydrogen-bond donors (Lipinski definition) is 2. The van der Waals surface area contributed by atoms with Crippen molar-refractivity contribution in [1.82, 2.24) is 5.32 Å². The highest BCUT2D eigenvalue weighted by molar-refractivity contribution is 5.75. The quantitative estimate of drug-likeness (QED) is 0.769. The molecule has 0 aromatic heterocycles. The van der Waals surface area contributed by atoms with Crippen LogP contribution in [0.5, 0.6) is 0 Å². The Morgan fingerprint density at radius 1 is 1.47 bits per heavy atom. The zero-order valence-corrected chi connectivity index (χ0v) is 8.73. The Morgan fingerprint density at radius 2 is 2.20 bits per heavy atom. The predicted molar refractivity (Wildman–Crippen MR) is 58.0 cm³/mol. The van der Waals surface area contributed by atoms with Crippen LogP contribution in [0.4, 0.5) is 0 Å². The Morgan fingerprint density at radius 3 is 2.87 bits per heavy atom. The first kappa shape index (κ1) is 10.2. The molecule has 80 valence electrons. The van der Waals surface area contributed by atoms with Gasteiger partial charge in [0, 0.05) is 5.92 Å². The average Bonchev–Trinajstić information content (AvgIpc) is 2.67. The maximum absolute atomic E-state index is 11.0. The molecule has 0 saturated carbocycles. The first-order chi connectivity index (χ1) is 7.20. The Hall–Kier alpha value is -1.35. The fraction of sp³-hybridized carbons (Fsp3) is 0.417. The molecule has 0 amide bonds. The average molecular weight is 205 g/mol. The van der Waals surface area contributed by atoms with Gasteiger partial charge in [0.15, 0.2) is 0 Å². The lowest BCUT2D eigenvalue weighted by atomic mass is 9.89. The van der Waals surface area contributed by atoms with E-state index in [0.29, 0.717) is 0 Å². The Bertz CT molecular complexity index is 376. The van der Waals surface area contributed by atoms with Gasteiger partial charge in [0.1, 0.15) is 6.04 Å².